The first-order valence-corrected chi connectivity index (χ1v) is 11.6. The van der Waals surface area contributed by atoms with Crippen molar-refractivity contribution < 1.29 is 35.5 Å². The number of nitrogens with two attached hydrogens (primary N) is 1. The quantitative estimate of drug-likeness (QED) is 0.578. The number of nitrogens with one attached hydrogen (secondary N) is 1. The van der Waals surface area contributed by atoms with E-state index in [0.717, 1.165) is 50.7 Å². The Balaban J connectivity index is 1.99. The third kappa shape index (κ3) is 4.29. The topological polar surface area (TPSA) is 137 Å². The van der Waals surface area contributed by atoms with Gasteiger partial charge in [0.1, 0.15) is 22.1 Å². The Labute approximate surface area is 192 Å². The van der Waals surface area contributed by atoms with Crippen LogP contribution in [-0.2, 0) is 15.4 Å². The molecule has 9 nitrogen and oxygen atoms in total. The van der Waals surface area contributed by atoms with E-state index in [0.29, 0.717) is 0 Å². The van der Waals surface area contributed by atoms with Gasteiger partial charge in [0.25, 0.3) is 11.8 Å². The maximum atomic E-state index is 15.3. The SMILES string of the molecule is CC1(S(C)(=O)=O)CC(F)(F)[C@@](C)(c2cc(NC(=O)c3cnc(OCF)cn3)ccc2F)N=C1N. The molecule has 2 atom stereocenters. The number of ether oxygens (including phenoxy) is 1. The van der Waals surface area contributed by atoms with Crippen LogP contribution in [0.5, 0.6) is 5.88 Å². The van der Waals surface area contributed by atoms with Crippen molar-refractivity contribution in [1.29, 1.82) is 0 Å². The van der Waals surface area contributed by atoms with Crippen molar-refractivity contribution >= 4 is 27.3 Å². The van der Waals surface area contributed by atoms with Gasteiger partial charge in [-0.05, 0) is 32.0 Å². The number of benzene rings is 1. The molecule has 1 aromatic heterocycles. The average Bonchev–Trinajstić information content (AvgIpc) is 2.73. The summed E-state index contributed by atoms with van der Waals surface area (Å²) in [5.74, 6) is -6.44. The van der Waals surface area contributed by atoms with Crippen molar-refractivity contribution in [2.45, 2.75) is 36.5 Å². The molecule has 184 valence electrons. The van der Waals surface area contributed by atoms with Crippen LogP contribution in [-0.4, -0.2) is 53.9 Å². The van der Waals surface area contributed by atoms with Crippen LogP contribution in [0.4, 0.5) is 23.2 Å². The van der Waals surface area contributed by atoms with E-state index in [1.165, 1.54) is 0 Å². The molecule has 2 heterocycles. The first-order valence-electron chi connectivity index (χ1n) is 9.70. The zero-order valence-electron chi connectivity index (χ0n) is 18.3. The third-order valence-corrected chi connectivity index (χ3v) is 7.78. The highest BCUT2D eigenvalue weighted by molar-refractivity contribution is 7.92. The smallest absolute Gasteiger partial charge is 0.278 e. The van der Waals surface area contributed by atoms with Crippen LogP contribution in [0.1, 0.15) is 36.3 Å². The van der Waals surface area contributed by atoms with Crippen molar-refractivity contribution in [3.8, 4) is 5.88 Å². The normalized spacial score (nSPS) is 24.3. The first kappa shape index (κ1) is 25.3. The summed E-state index contributed by atoms with van der Waals surface area (Å²) in [5.41, 5.74) is 2.36. The molecule has 1 aromatic carbocycles. The second-order valence-electron chi connectivity index (χ2n) is 8.10. The minimum absolute atomic E-state index is 0.0745. The number of amides is 1. The Morgan fingerprint density at radius 1 is 1.24 bits per heavy atom. The Morgan fingerprint density at radius 3 is 2.47 bits per heavy atom. The molecule has 1 amide bonds. The van der Waals surface area contributed by atoms with Crippen molar-refractivity contribution in [2.75, 3.05) is 18.4 Å². The first-order chi connectivity index (χ1) is 15.6. The highest BCUT2D eigenvalue weighted by Crippen LogP contribution is 2.51. The highest BCUT2D eigenvalue weighted by Gasteiger charge is 2.62. The summed E-state index contributed by atoms with van der Waals surface area (Å²) in [6.45, 7) is 0.825. The van der Waals surface area contributed by atoms with Gasteiger partial charge in [-0.3, -0.25) is 9.79 Å². The molecule has 34 heavy (non-hydrogen) atoms. The van der Waals surface area contributed by atoms with E-state index >= 15 is 8.78 Å². The lowest BCUT2D eigenvalue weighted by molar-refractivity contribution is -0.0862. The molecule has 2 aromatic rings. The molecule has 0 aliphatic carbocycles. The molecular formula is C20H21F4N5O4S. The molecule has 0 spiro atoms. The van der Waals surface area contributed by atoms with E-state index in [2.05, 4.69) is 25.0 Å². The Hall–Kier alpha value is -3.29. The van der Waals surface area contributed by atoms with Gasteiger partial charge < -0.3 is 15.8 Å². The molecule has 0 saturated carbocycles. The van der Waals surface area contributed by atoms with Crippen molar-refractivity contribution in [3.05, 3.63) is 47.7 Å². The van der Waals surface area contributed by atoms with Gasteiger partial charge in [-0.25, -0.2) is 35.9 Å². The summed E-state index contributed by atoms with van der Waals surface area (Å²) in [6.07, 6.45) is 1.55. The van der Waals surface area contributed by atoms with Crippen LogP contribution >= 0.6 is 0 Å². The molecule has 14 heteroatoms. The maximum Gasteiger partial charge on any atom is 0.278 e. The number of hydrogen-bond acceptors (Lipinski definition) is 8. The minimum atomic E-state index is -4.08. The molecule has 0 saturated heterocycles. The summed E-state index contributed by atoms with van der Waals surface area (Å²) >= 11 is 0. The lowest BCUT2D eigenvalue weighted by Gasteiger charge is -2.44. The third-order valence-electron chi connectivity index (χ3n) is 5.79. The lowest BCUT2D eigenvalue weighted by atomic mass is 9.78. The molecular weight excluding hydrogens is 482 g/mol. The van der Waals surface area contributed by atoms with E-state index < -0.39 is 62.5 Å². The molecule has 0 bridgehead atoms. The van der Waals surface area contributed by atoms with E-state index in [9.17, 15) is 22.0 Å². The number of aromatic nitrogens is 2. The van der Waals surface area contributed by atoms with E-state index in [1.54, 1.807) is 0 Å². The highest BCUT2D eigenvalue weighted by atomic mass is 32.2. The van der Waals surface area contributed by atoms with Gasteiger partial charge >= 0.3 is 0 Å². The number of hydrogen-bond donors (Lipinski definition) is 2. The number of alkyl halides is 3. The second-order valence-corrected chi connectivity index (χ2v) is 10.5. The molecule has 1 aliphatic heterocycles. The van der Waals surface area contributed by atoms with Gasteiger partial charge in [-0.1, -0.05) is 0 Å². The predicted molar refractivity (Wildman–Crippen MR) is 115 cm³/mol. The fourth-order valence-electron chi connectivity index (χ4n) is 3.44. The zero-order valence-corrected chi connectivity index (χ0v) is 19.1. The van der Waals surface area contributed by atoms with Gasteiger partial charge in [0.15, 0.2) is 15.4 Å². The van der Waals surface area contributed by atoms with Crippen molar-refractivity contribution in [1.82, 2.24) is 9.97 Å². The van der Waals surface area contributed by atoms with Gasteiger partial charge in [0.05, 0.1) is 12.4 Å². The van der Waals surface area contributed by atoms with Crippen LogP contribution in [0, 0.1) is 5.82 Å². The summed E-state index contributed by atoms with van der Waals surface area (Å²) in [6, 6.07) is 2.93. The van der Waals surface area contributed by atoms with Crippen molar-refractivity contribution in [3.63, 3.8) is 0 Å². The molecule has 1 unspecified atom stereocenters. The fourth-order valence-corrected chi connectivity index (χ4v) is 4.31. The minimum Gasteiger partial charge on any atom is -0.445 e. The number of rotatable bonds is 6. The predicted octanol–water partition coefficient (Wildman–Crippen LogP) is 2.59. The summed E-state index contributed by atoms with van der Waals surface area (Å²) in [5, 5.41) is 2.37. The maximum absolute atomic E-state index is 15.3. The van der Waals surface area contributed by atoms with Gasteiger partial charge in [0.2, 0.25) is 12.7 Å². The number of nitrogens with zero attached hydrogens (tertiary/aromatic N) is 3. The van der Waals surface area contributed by atoms with Crippen LogP contribution in [0.3, 0.4) is 0 Å². The number of sulfone groups is 1. The number of anilines is 1. The van der Waals surface area contributed by atoms with Gasteiger partial charge in [0, 0.05) is 23.9 Å². The molecule has 3 rings (SSSR count). The van der Waals surface area contributed by atoms with Gasteiger partial charge in [-0.15, -0.1) is 0 Å². The van der Waals surface area contributed by atoms with Crippen LogP contribution in [0.25, 0.3) is 0 Å². The Bertz CT molecular complexity index is 1260. The Morgan fingerprint density at radius 2 is 1.91 bits per heavy atom. The van der Waals surface area contributed by atoms with Crippen LogP contribution in [0.15, 0.2) is 35.6 Å². The van der Waals surface area contributed by atoms with Crippen molar-refractivity contribution in [2.24, 2.45) is 10.7 Å². The van der Waals surface area contributed by atoms with E-state index in [1.807, 2.05) is 0 Å². The largest absolute Gasteiger partial charge is 0.445 e. The van der Waals surface area contributed by atoms with Gasteiger partial charge in [-0.2, -0.15) is 0 Å². The number of carbonyl (C=O) groups is 1. The summed E-state index contributed by atoms with van der Waals surface area (Å²) in [7, 11) is -4.08. The Kier molecular flexibility index (Phi) is 6.33. The number of halogens is 4. The molecule has 3 N–H and O–H groups in total. The standard InChI is InChI=1S/C20H21F4N5O4S/c1-18(34(3,31)32)9-20(23,24)19(2,29-17(18)25)12-6-11(4-5-13(12)22)28-16(30)14-7-27-15(8-26-14)33-10-21/h4-8H,9-10H2,1-3H3,(H2,25,29)(H,28,30)/t18?,19-/m1/s1. The molecule has 0 fully saturated rings. The fraction of sp³-hybridized carbons (Fsp3) is 0.400. The van der Waals surface area contributed by atoms with Crippen LogP contribution < -0.4 is 15.8 Å². The number of aliphatic imine (C=N–C) groups is 1. The molecule has 0 radical (unpaired) electrons. The number of amidine groups is 1. The zero-order chi connectivity index (χ0) is 25.5. The van der Waals surface area contributed by atoms with E-state index in [4.69, 9.17) is 5.73 Å². The summed E-state index contributed by atoms with van der Waals surface area (Å²) < 4.78 is 84.2. The lowest BCUT2D eigenvalue weighted by Crippen LogP contribution is -2.60. The van der Waals surface area contributed by atoms with E-state index in [-0.39, 0.29) is 17.3 Å². The summed E-state index contributed by atoms with van der Waals surface area (Å²) in [4.78, 5) is 23.6. The monoisotopic (exact) mass is 503 g/mol. The van der Waals surface area contributed by atoms with Crippen LogP contribution in [0.2, 0.25) is 0 Å². The number of carbonyl (C=O) groups excluding carboxylic acids is 1. The average molecular weight is 503 g/mol. The molecule has 1 aliphatic rings. The second kappa shape index (κ2) is 8.49.